The van der Waals surface area contributed by atoms with Gasteiger partial charge in [0.05, 0.1) is 18.7 Å². The highest BCUT2D eigenvalue weighted by Crippen LogP contribution is 2.30. The highest BCUT2D eigenvalue weighted by Gasteiger charge is 2.07. The molecule has 0 saturated heterocycles. The maximum Gasteiger partial charge on any atom is 0.195 e. The average Bonchev–Trinajstić information content (AvgIpc) is 3.10. The van der Waals surface area contributed by atoms with Crippen LogP contribution in [-0.4, -0.2) is 38.3 Å². The van der Waals surface area contributed by atoms with Gasteiger partial charge in [0, 0.05) is 42.8 Å². The molecule has 6 nitrogen and oxygen atoms in total. The van der Waals surface area contributed by atoms with Crippen molar-refractivity contribution in [1.82, 2.24) is 10.3 Å². The topological polar surface area (TPSA) is 67.8 Å². The number of nitrogens with zero attached hydrogens (tertiary/aromatic N) is 2. The number of halogens is 1. The molecule has 8 heteroatoms. The van der Waals surface area contributed by atoms with Crippen LogP contribution in [0.1, 0.15) is 23.7 Å². The van der Waals surface area contributed by atoms with Crippen molar-refractivity contribution in [2.45, 2.75) is 26.7 Å². The summed E-state index contributed by atoms with van der Waals surface area (Å²) in [6, 6.07) is 5.72. The van der Waals surface area contributed by atoms with Crippen LogP contribution in [0.4, 0.5) is 5.69 Å². The van der Waals surface area contributed by atoms with E-state index in [0.717, 1.165) is 35.8 Å². The van der Waals surface area contributed by atoms with Crippen molar-refractivity contribution < 1.29 is 9.47 Å². The van der Waals surface area contributed by atoms with Crippen LogP contribution >= 0.6 is 35.3 Å². The lowest BCUT2D eigenvalue weighted by Crippen LogP contribution is -2.32. The van der Waals surface area contributed by atoms with E-state index in [0.29, 0.717) is 18.3 Å². The SMILES string of the molecule is CCOc1ccc(NC(=NC)NCCc2ncc(CC)s2)cc1OC.I. The number of benzene rings is 1. The minimum absolute atomic E-state index is 0. The van der Waals surface area contributed by atoms with Gasteiger partial charge in [0.15, 0.2) is 17.5 Å². The van der Waals surface area contributed by atoms with Gasteiger partial charge in [-0.1, -0.05) is 6.92 Å². The number of guanidine groups is 1. The third-order valence-corrected chi connectivity index (χ3v) is 4.73. The van der Waals surface area contributed by atoms with Crippen LogP contribution in [0.2, 0.25) is 0 Å². The van der Waals surface area contributed by atoms with Crippen LogP contribution in [-0.2, 0) is 12.8 Å². The molecule has 1 aromatic carbocycles. The Morgan fingerprint density at radius 3 is 2.69 bits per heavy atom. The normalized spacial score (nSPS) is 10.8. The summed E-state index contributed by atoms with van der Waals surface area (Å²) in [5.74, 6) is 2.13. The number of hydrogen-bond donors (Lipinski definition) is 2. The number of aliphatic imine (C=N–C) groups is 1. The monoisotopic (exact) mass is 490 g/mol. The first-order chi connectivity index (χ1) is 12.2. The Morgan fingerprint density at radius 1 is 1.27 bits per heavy atom. The van der Waals surface area contributed by atoms with Crippen molar-refractivity contribution >= 4 is 47.0 Å². The van der Waals surface area contributed by atoms with Gasteiger partial charge in [-0.25, -0.2) is 4.98 Å². The third kappa shape index (κ3) is 6.64. The van der Waals surface area contributed by atoms with Crippen LogP contribution in [0.5, 0.6) is 11.5 Å². The van der Waals surface area contributed by atoms with Gasteiger partial charge in [-0.3, -0.25) is 4.99 Å². The predicted molar refractivity (Wildman–Crippen MR) is 120 cm³/mol. The molecule has 0 amide bonds. The quantitative estimate of drug-likeness (QED) is 0.333. The second-order valence-electron chi connectivity index (χ2n) is 5.25. The number of aromatic nitrogens is 1. The molecule has 0 unspecified atom stereocenters. The van der Waals surface area contributed by atoms with Gasteiger partial charge in [0.25, 0.3) is 0 Å². The highest BCUT2D eigenvalue weighted by atomic mass is 127. The minimum Gasteiger partial charge on any atom is -0.493 e. The van der Waals surface area contributed by atoms with Crippen molar-refractivity contribution in [2.24, 2.45) is 4.99 Å². The Morgan fingerprint density at radius 2 is 2.08 bits per heavy atom. The Balaban J connectivity index is 0.00000338. The molecule has 0 bridgehead atoms. The number of aryl methyl sites for hydroxylation is 1. The number of ether oxygens (including phenoxy) is 2. The van der Waals surface area contributed by atoms with Crippen molar-refractivity contribution in [1.29, 1.82) is 0 Å². The largest absolute Gasteiger partial charge is 0.493 e. The van der Waals surface area contributed by atoms with Crippen LogP contribution in [0, 0.1) is 0 Å². The van der Waals surface area contributed by atoms with Crippen LogP contribution in [0.25, 0.3) is 0 Å². The fraction of sp³-hybridized carbons (Fsp3) is 0.444. The molecule has 0 aliphatic carbocycles. The highest BCUT2D eigenvalue weighted by molar-refractivity contribution is 14.0. The summed E-state index contributed by atoms with van der Waals surface area (Å²) >= 11 is 1.77. The van der Waals surface area contributed by atoms with E-state index in [4.69, 9.17) is 9.47 Å². The lowest BCUT2D eigenvalue weighted by Gasteiger charge is -2.14. The maximum absolute atomic E-state index is 5.53. The van der Waals surface area contributed by atoms with Gasteiger partial charge in [-0.2, -0.15) is 0 Å². The van der Waals surface area contributed by atoms with Gasteiger partial charge < -0.3 is 20.1 Å². The fourth-order valence-corrected chi connectivity index (χ4v) is 3.11. The zero-order valence-electron chi connectivity index (χ0n) is 15.7. The molecule has 0 aliphatic rings. The number of thiazole rings is 1. The molecule has 1 aromatic heterocycles. The number of anilines is 1. The van der Waals surface area contributed by atoms with E-state index in [2.05, 4.69) is 27.5 Å². The summed E-state index contributed by atoms with van der Waals surface area (Å²) in [6.45, 7) is 5.46. The van der Waals surface area contributed by atoms with Gasteiger partial charge >= 0.3 is 0 Å². The molecule has 2 rings (SSSR count). The Kier molecular flexibility index (Phi) is 10.3. The fourth-order valence-electron chi connectivity index (χ4n) is 2.25. The van der Waals surface area contributed by atoms with Crippen molar-refractivity contribution in [3.63, 3.8) is 0 Å². The summed E-state index contributed by atoms with van der Waals surface area (Å²) in [7, 11) is 3.38. The Bertz CT molecular complexity index is 706. The standard InChI is InChI=1S/C18H26N4O2S.HI/c1-5-14-12-21-17(25-14)9-10-20-18(19-3)22-13-7-8-15(24-6-2)16(11-13)23-4;/h7-8,11-12H,5-6,9-10H2,1-4H3,(H2,19,20,22);1H. The summed E-state index contributed by atoms with van der Waals surface area (Å²) in [5.41, 5.74) is 0.885. The number of nitrogens with one attached hydrogen (secondary N) is 2. The van der Waals surface area contributed by atoms with E-state index in [-0.39, 0.29) is 24.0 Å². The smallest absolute Gasteiger partial charge is 0.195 e. The average molecular weight is 490 g/mol. The summed E-state index contributed by atoms with van der Waals surface area (Å²) in [4.78, 5) is 10.0. The summed E-state index contributed by atoms with van der Waals surface area (Å²) in [6.07, 6.45) is 3.87. The molecule has 0 radical (unpaired) electrons. The molecule has 0 spiro atoms. The summed E-state index contributed by atoms with van der Waals surface area (Å²) in [5, 5.41) is 7.71. The van der Waals surface area contributed by atoms with E-state index in [9.17, 15) is 0 Å². The van der Waals surface area contributed by atoms with Gasteiger partial charge in [0.1, 0.15) is 0 Å². The molecule has 0 saturated carbocycles. The van der Waals surface area contributed by atoms with Gasteiger partial charge in [-0.15, -0.1) is 35.3 Å². The molecule has 0 aliphatic heterocycles. The number of methoxy groups -OCH3 is 1. The Hall–Kier alpha value is -1.55. The Labute approximate surface area is 176 Å². The van der Waals surface area contributed by atoms with Crippen molar-refractivity contribution in [3.8, 4) is 11.5 Å². The van der Waals surface area contributed by atoms with Crippen molar-refractivity contribution in [3.05, 3.63) is 34.3 Å². The number of rotatable bonds is 8. The van der Waals surface area contributed by atoms with Crippen LogP contribution in [0.3, 0.4) is 0 Å². The lowest BCUT2D eigenvalue weighted by molar-refractivity contribution is 0.311. The first-order valence-electron chi connectivity index (χ1n) is 8.42. The van der Waals surface area contributed by atoms with Crippen molar-refractivity contribution in [2.75, 3.05) is 32.6 Å². The second kappa shape index (κ2) is 11.9. The molecule has 0 fully saturated rings. The molecule has 26 heavy (non-hydrogen) atoms. The lowest BCUT2D eigenvalue weighted by atomic mass is 10.2. The maximum atomic E-state index is 5.53. The first kappa shape index (κ1) is 22.5. The molecular formula is C18H27IN4O2S. The zero-order chi connectivity index (χ0) is 18.1. The minimum atomic E-state index is 0. The predicted octanol–water partition coefficient (Wildman–Crippen LogP) is 3.96. The van der Waals surface area contributed by atoms with E-state index >= 15 is 0 Å². The van der Waals surface area contributed by atoms with E-state index in [1.807, 2.05) is 31.3 Å². The van der Waals surface area contributed by atoms with Gasteiger partial charge in [0.2, 0.25) is 0 Å². The molecule has 2 N–H and O–H groups in total. The zero-order valence-corrected chi connectivity index (χ0v) is 18.8. The molecule has 2 aromatic rings. The molecule has 0 atom stereocenters. The molecular weight excluding hydrogens is 463 g/mol. The van der Waals surface area contributed by atoms with Crippen LogP contribution < -0.4 is 20.1 Å². The molecule has 1 heterocycles. The van der Waals surface area contributed by atoms with E-state index in [1.54, 1.807) is 25.5 Å². The molecule has 144 valence electrons. The number of hydrogen-bond acceptors (Lipinski definition) is 5. The third-order valence-electron chi connectivity index (χ3n) is 3.53. The van der Waals surface area contributed by atoms with E-state index < -0.39 is 0 Å². The van der Waals surface area contributed by atoms with Gasteiger partial charge in [-0.05, 0) is 25.5 Å². The first-order valence-corrected chi connectivity index (χ1v) is 9.23. The van der Waals surface area contributed by atoms with E-state index in [1.165, 1.54) is 4.88 Å². The second-order valence-corrected chi connectivity index (χ2v) is 6.45. The summed E-state index contributed by atoms with van der Waals surface area (Å²) < 4.78 is 10.9. The van der Waals surface area contributed by atoms with Crippen LogP contribution in [0.15, 0.2) is 29.4 Å².